The number of sulfonamides is 2. The molecule has 0 heterocycles. The average molecular weight is 336 g/mol. The first-order valence-electron chi connectivity index (χ1n) is 2.62. The van der Waals surface area contributed by atoms with Crippen molar-refractivity contribution in [1.82, 2.24) is 0 Å². The summed E-state index contributed by atoms with van der Waals surface area (Å²) in [6.45, 7) is 0. The Hall–Kier alpha value is 0.660. The first-order chi connectivity index (χ1) is 6.50. The molecule has 0 unspecified atom stereocenters. The number of halogens is 6. The van der Waals surface area contributed by atoms with Crippen LogP contribution in [0.1, 0.15) is 0 Å². The van der Waals surface area contributed by atoms with Crippen LogP contribution in [-0.2, 0) is 20.0 Å². The molecule has 2 N–H and O–H groups in total. The Morgan fingerprint density at radius 2 is 0.706 bits per heavy atom. The summed E-state index contributed by atoms with van der Waals surface area (Å²) in [6.07, 6.45) is 0. The zero-order chi connectivity index (χ0) is 14.0. The maximum absolute atomic E-state index is 10.8. The smallest absolute Gasteiger partial charge is 0.556 e. The molecule has 0 radical (unpaired) electrons. The second-order valence-corrected chi connectivity index (χ2v) is 4.84. The SMILES string of the molecule is [Ca+2].[NH-]S(=O)(=O)C(F)(F)F.[NH-]S(=O)(=O)C(F)(F)F. The Balaban J connectivity index is -0.000000218. The Labute approximate surface area is 121 Å². The third-order valence-electron chi connectivity index (χ3n) is 0.609. The summed E-state index contributed by atoms with van der Waals surface area (Å²) in [6, 6.07) is 0. The summed E-state index contributed by atoms with van der Waals surface area (Å²) in [5, 5.41) is 10.9. The van der Waals surface area contributed by atoms with Gasteiger partial charge in [0.25, 0.3) is 0 Å². The third-order valence-corrected chi connectivity index (χ3v) is 1.83. The van der Waals surface area contributed by atoms with Gasteiger partial charge in [0.2, 0.25) is 0 Å². The van der Waals surface area contributed by atoms with E-state index >= 15 is 0 Å². The van der Waals surface area contributed by atoms with Crippen LogP contribution in [0.15, 0.2) is 0 Å². The maximum Gasteiger partial charge on any atom is 2.00 e. The topological polar surface area (TPSA) is 116 Å². The van der Waals surface area contributed by atoms with Gasteiger partial charge in [0.1, 0.15) is 0 Å². The first kappa shape index (κ1) is 22.8. The predicted molar refractivity (Wildman–Crippen MR) is 44.3 cm³/mol. The van der Waals surface area contributed by atoms with Gasteiger partial charge in [-0.25, -0.2) is 16.8 Å². The molecule has 100 valence electrons. The molecule has 0 saturated carbocycles. The van der Waals surface area contributed by atoms with Crippen LogP contribution in [0, 0.1) is 0 Å². The Morgan fingerprint density at radius 3 is 0.706 bits per heavy atom. The minimum atomic E-state index is -5.59. The number of alkyl halides is 6. The van der Waals surface area contributed by atoms with Crippen LogP contribution in [-0.4, -0.2) is 65.6 Å². The summed E-state index contributed by atoms with van der Waals surface area (Å²) >= 11 is 0. The fraction of sp³-hybridized carbons (Fsp3) is 1.00. The van der Waals surface area contributed by atoms with E-state index in [1.807, 2.05) is 0 Å². The molecule has 0 aromatic heterocycles. The largest absolute Gasteiger partial charge is 2.00 e. The first-order valence-corrected chi connectivity index (χ1v) is 5.58. The van der Waals surface area contributed by atoms with E-state index in [1.54, 1.807) is 0 Å². The van der Waals surface area contributed by atoms with E-state index in [4.69, 9.17) is 10.3 Å². The van der Waals surface area contributed by atoms with Crippen LogP contribution >= 0.6 is 0 Å². The van der Waals surface area contributed by atoms with Gasteiger partial charge in [-0.2, -0.15) is 26.3 Å². The third kappa shape index (κ3) is 10.3. The summed E-state index contributed by atoms with van der Waals surface area (Å²) in [5.74, 6) is 0. The van der Waals surface area contributed by atoms with Gasteiger partial charge in [-0.3, -0.25) is 0 Å². The molecule has 0 spiro atoms. The van der Waals surface area contributed by atoms with E-state index < -0.39 is 31.1 Å². The standard InChI is InChI=1S/2CHF3NO2S.Ca/c2*2-1(3,4)8(5,6)7;/h2*(H-,5,6,7);/q2*-1;+2. The zero-order valence-corrected chi connectivity index (χ0v) is 11.3. The van der Waals surface area contributed by atoms with Crippen molar-refractivity contribution in [1.29, 1.82) is 0 Å². The van der Waals surface area contributed by atoms with Gasteiger partial charge < -0.3 is 10.3 Å². The number of rotatable bonds is 0. The van der Waals surface area contributed by atoms with Crippen molar-refractivity contribution >= 4 is 57.8 Å². The fourth-order valence-electron chi connectivity index (χ4n) is 0. The van der Waals surface area contributed by atoms with Gasteiger partial charge in [0.15, 0.2) is 20.0 Å². The van der Waals surface area contributed by atoms with E-state index in [0.717, 1.165) is 0 Å². The maximum atomic E-state index is 10.8. The molecule has 0 atom stereocenters. The molecule has 0 aliphatic carbocycles. The number of hydrogen-bond acceptors (Lipinski definition) is 4. The molecule has 0 rings (SSSR count). The molecule has 0 saturated heterocycles. The second-order valence-electron chi connectivity index (χ2n) is 1.90. The fourth-order valence-corrected chi connectivity index (χ4v) is 0. The molecule has 15 heteroatoms. The monoisotopic (exact) mass is 336 g/mol. The molecule has 0 aromatic rings. The molecule has 0 amide bonds. The van der Waals surface area contributed by atoms with Gasteiger partial charge in [-0.1, -0.05) is 0 Å². The van der Waals surface area contributed by atoms with Crippen molar-refractivity contribution < 1.29 is 43.2 Å². The molecule has 0 aromatic carbocycles. The van der Waals surface area contributed by atoms with Gasteiger partial charge in [-0.05, 0) is 0 Å². The minimum Gasteiger partial charge on any atom is -0.556 e. The van der Waals surface area contributed by atoms with Crippen LogP contribution in [0.3, 0.4) is 0 Å². The van der Waals surface area contributed by atoms with E-state index in [0.29, 0.717) is 0 Å². The van der Waals surface area contributed by atoms with Gasteiger partial charge in [0.05, 0.1) is 0 Å². The molecule has 0 bridgehead atoms. The molecule has 0 aliphatic heterocycles. The second kappa shape index (κ2) is 6.72. The Morgan fingerprint density at radius 1 is 0.647 bits per heavy atom. The molecular weight excluding hydrogens is 334 g/mol. The van der Waals surface area contributed by atoms with Crippen molar-refractivity contribution in [3.63, 3.8) is 0 Å². The van der Waals surface area contributed by atoms with Crippen molar-refractivity contribution in [2.45, 2.75) is 11.0 Å². The number of hydrogen-bond donors (Lipinski definition) is 0. The molecule has 0 aliphatic rings. The summed E-state index contributed by atoms with van der Waals surface area (Å²) in [5.41, 5.74) is -10.8. The van der Waals surface area contributed by atoms with E-state index in [1.165, 1.54) is 0 Å². The van der Waals surface area contributed by atoms with Crippen molar-refractivity contribution in [3.05, 3.63) is 10.3 Å². The quantitative estimate of drug-likeness (QED) is 0.491. The van der Waals surface area contributed by atoms with E-state index in [9.17, 15) is 43.2 Å². The van der Waals surface area contributed by atoms with Crippen molar-refractivity contribution in [2.24, 2.45) is 0 Å². The summed E-state index contributed by atoms with van der Waals surface area (Å²) in [4.78, 5) is 0. The van der Waals surface area contributed by atoms with Crippen LogP contribution in [0.4, 0.5) is 26.3 Å². The van der Waals surface area contributed by atoms with Gasteiger partial charge in [0, 0.05) is 0 Å². The van der Waals surface area contributed by atoms with Crippen molar-refractivity contribution in [3.8, 4) is 0 Å². The summed E-state index contributed by atoms with van der Waals surface area (Å²) in [7, 11) is -11.2. The molecule has 17 heavy (non-hydrogen) atoms. The van der Waals surface area contributed by atoms with Crippen LogP contribution < -0.4 is 0 Å². The normalized spacial score (nSPS) is 13.2. The van der Waals surface area contributed by atoms with E-state index in [-0.39, 0.29) is 37.7 Å². The van der Waals surface area contributed by atoms with Gasteiger partial charge in [-0.15, -0.1) is 0 Å². The average Bonchev–Trinajstić information content (AvgIpc) is 1.77. The van der Waals surface area contributed by atoms with Crippen LogP contribution in [0.2, 0.25) is 0 Å². The number of nitrogens with one attached hydrogen (secondary N) is 2. The van der Waals surface area contributed by atoms with Crippen molar-refractivity contribution in [2.75, 3.05) is 0 Å². The molecule has 0 fully saturated rings. The summed E-state index contributed by atoms with van der Waals surface area (Å²) < 4.78 is 102. The van der Waals surface area contributed by atoms with Crippen LogP contribution in [0.5, 0.6) is 0 Å². The minimum absolute atomic E-state index is 0. The molecular formula is C2H2CaF6N2O4S2. The van der Waals surface area contributed by atoms with Gasteiger partial charge >= 0.3 is 48.8 Å². The molecule has 6 nitrogen and oxygen atoms in total. The Bertz CT molecular complexity index is 380. The predicted octanol–water partition coefficient (Wildman–Crippen LogP) is 1.40. The van der Waals surface area contributed by atoms with E-state index in [2.05, 4.69) is 0 Å². The Kier molecular flexibility index (Phi) is 9.01. The zero-order valence-electron chi connectivity index (χ0n) is 7.42. The van der Waals surface area contributed by atoms with Crippen LogP contribution in [0.25, 0.3) is 10.3 Å².